The number of esters is 1. The van der Waals surface area contributed by atoms with Gasteiger partial charge in [-0.1, -0.05) is 30.3 Å². The molecule has 0 saturated heterocycles. The number of non-ortho nitro benzene ring substituents is 1. The first-order chi connectivity index (χ1) is 11.5. The number of benzene rings is 2. The maximum Gasteiger partial charge on any atom is 0.304 e. The van der Waals surface area contributed by atoms with Gasteiger partial charge in [-0.2, -0.15) is 0 Å². The van der Waals surface area contributed by atoms with Gasteiger partial charge in [0.15, 0.2) is 9.78 Å². The van der Waals surface area contributed by atoms with E-state index in [1.54, 1.807) is 6.07 Å². The standard InChI is InChI=1S/C16H12N2O4S2/c1-10(19)22-15(11-5-3-2-4-6-11)24-16-17-13-8-7-12(18(20)21)9-14(13)23-16/h2-9,15H,1H3. The summed E-state index contributed by atoms with van der Waals surface area (Å²) >= 11 is 2.64. The lowest BCUT2D eigenvalue weighted by molar-refractivity contribution is -0.384. The van der Waals surface area contributed by atoms with E-state index in [9.17, 15) is 14.9 Å². The first-order valence-electron chi connectivity index (χ1n) is 6.97. The van der Waals surface area contributed by atoms with Gasteiger partial charge in [-0.15, -0.1) is 11.3 Å². The number of carbonyl (C=O) groups is 1. The van der Waals surface area contributed by atoms with Crippen LogP contribution in [0.2, 0.25) is 0 Å². The highest BCUT2D eigenvalue weighted by molar-refractivity contribution is 8.01. The lowest BCUT2D eigenvalue weighted by Crippen LogP contribution is -2.05. The molecule has 0 N–H and O–H groups in total. The summed E-state index contributed by atoms with van der Waals surface area (Å²) in [6.07, 6.45) is 0. The fraction of sp³-hybridized carbons (Fsp3) is 0.125. The number of nitro groups is 1. The number of ether oxygens (including phenoxy) is 1. The van der Waals surface area contributed by atoms with Crippen molar-refractivity contribution in [3.8, 4) is 0 Å². The predicted octanol–water partition coefficient (Wildman–Crippen LogP) is 4.56. The summed E-state index contributed by atoms with van der Waals surface area (Å²) in [5.41, 5.74) is 1.05. The van der Waals surface area contributed by atoms with Crippen LogP contribution in [0.1, 0.15) is 17.9 Å². The van der Waals surface area contributed by atoms with Crippen LogP contribution in [-0.2, 0) is 9.53 Å². The van der Waals surface area contributed by atoms with Gasteiger partial charge in [0, 0.05) is 24.6 Å². The monoisotopic (exact) mass is 360 g/mol. The maximum absolute atomic E-state index is 11.4. The topological polar surface area (TPSA) is 82.3 Å². The van der Waals surface area contributed by atoms with Crippen LogP contribution in [-0.4, -0.2) is 15.9 Å². The molecule has 0 saturated carbocycles. The number of hydrogen-bond acceptors (Lipinski definition) is 7. The van der Waals surface area contributed by atoms with E-state index in [0.717, 1.165) is 10.3 Å². The third kappa shape index (κ3) is 3.72. The molecule has 122 valence electrons. The molecule has 1 atom stereocenters. The van der Waals surface area contributed by atoms with Gasteiger partial charge >= 0.3 is 5.97 Å². The van der Waals surface area contributed by atoms with E-state index < -0.39 is 10.4 Å². The summed E-state index contributed by atoms with van der Waals surface area (Å²) in [6.45, 7) is 1.36. The predicted molar refractivity (Wildman–Crippen MR) is 93.1 cm³/mol. The highest BCUT2D eigenvalue weighted by Gasteiger charge is 2.19. The van der Waals surface area contributed by atoms with Crippen molar-refractivity contribution in [1.82, 2.24) is 4.98 Å². The fourth-order valence-corrected chi connectivity index (χ4v) is 4.33. The largest absolute Gasteiger partial charge is 0.446 e. The minimum Gasteiger partial charge on any atom is -0.446 e. The zero-order chi connectivity index (χ0) is 17.1. The number of aromatic nitrogens is 1. The number of thiazole rings is 1. The molecule has 0 bridgehead atoms. The molecule has 0 fully saturated rings. The first kappa shape index (κ1) is 16.4. The van der Waals surface area contributed by atoms with Crippen LogP contribution < -0.4 is 0 Å². The van der Waals surface area contributed by atoms with E-state index in [0.29, 0.717) is 9.86 Å². The fourth-order valence-electron chi connectivity index (χ4n) is 2.07. The Morgan fingerprint density at radius 2 is 2.04 bits per heavy atom. The van der Waals surface area contributed by atoms with Crippen LogP contribution in [0.15, 0.2) is 52.9 Å². The van der Waals surface area contributed by atoms with Crippen molar-refractivity contribution in [1.29, 1.82) is 0 Å². The Kier molecular flexibility index (Phi) is 4.77. The molecule has 0 amide bonds. The molecule has 2 aromatic carbocycles. The maximum atomic E-state index is 11.4. The molecule has 8 heteroatoms. The van der Waals surface area contributed by atoms with E-state index in [1.807, 2.05) is 30.3 Å². The molecule has 1 heterocycles. The second-order valence-corrected chi connectivity index (χ2v) is 7.20. The van der Waals surface area contributed by atoms with Gasteiger partial charge in [0.2, 0.25) is 0 Å². The van der Waals surface area contributed by atoms with Crippen molar-refractivity contribution >= 4 is 45.0 Å². The Morgan fingerprint density at radius 3 is 2.71 bits per heavy atom. The number of hydrogen-bond donors (Lipinski definition) is 0. The average molecular weight is 360 g/mol. The Morgan fingerprint density at radius 1 is 1.29 bits per heavy atom. The summed E-state index contributed by atoms with van der Waals surface area (Å²) in [7, 11) is 0. The zero-order valence-corrected chi connectivity index (χ0v) is 14.2. The average Bonchev–Trinajstić information content (AvgIpc) is 2.96. The van der Waals surface area contributed by atoms with E-state index >= 15 is 0 Å². The number of thioether (sulfide) groups is 1. The van der Waals surface area contributed by atoms with Crippen molar-refractivity contribution in [3.05, 3.63) is 64.2 Å². The third-order valence-electron chi connectivity index (χ3n) is 3.12. The van der Waals surface area contributed by atoms with Crippen LogP contribution in [0.25, 0.3) is 10.2 Å². The van der Waals surface area contributed by atoms with Crippen LogP contribution >= 0.6 is 23.1 Å². The Hall–Kier alpha value is -2.45. The number of carbonyl (C=O) groups excluding carboxylic acids is 1. The third-order valence-corrected chi connectivity index (χ3v) is 5.34. The number of rotatable bonds is 5. The number of nitrogens with zero attached hydrogens (tertiary/aromatic N) is 2. The normalized spacial score (nSPS) is 12.0. The Bertz CT molecular complexity index is 895. The van der Waals surface area contributed by atoms with Gasteiger partial charge in [-0.3, -0.25) is 14.9 Å². The van der Waals surface area contributed by atoms with Gasteiger partial charge < -0.3 is 4.74 Å². The molecule has 3 aromatic rings. The quantitative estimate of drug-likeness (QED) is 0.218. The van der Waals surface area contributed by atoms with Crippen LogP contribution in [0.5, 0.6) is 0 Å². The Balaban J connectivity index is 1.90. The second kappa shape index (κ2) is 6.98. The molecule has 0 aliphatic rings. The highest BCUT2D eigenvalue weighted by Crippen LogP contribution is 2.40. The summed E-state index contributed by atoms with van der Waals surface area (Å²) in [4.78, 5) is 26.3. The molecule has 24 heavy (non-hydrogen) atoms. The Labute approximate surface area is 145 Å². The zero-order valence-electron chi connectivity index (χ0n) is 12.5. The van der Waals surface area contributed by atoms with Gasteiger partial charge in [-0.25, -0.2) is 4.98 Å². The van der Waals surface area contributed by atoms with Gasteiger partial charge in [0.1, 0.15) is 0 Å². The first-order valence-corrected chi connectivity index (χ1v) is 8.66. The molecule has 6 nitrogen and oxygen atoms in total. The highest BCUT2D eigenvalue weighted by atomic mass is 32.2. The van der Waals surface area contributed by atoms with Crippen molar-refractivity contribution in [2.45, 2.75) is 16.7 Å². The smallest absolute Gasteiger partial charge is 0.304 e. The number of fused-ring (bicyclic) bond motifs is 1. The van der Waals surface area contributed by atoms with E-state index in [-0.39, 0.29) is 11.7 Å². The molecule has 0 spiro atoms. The molecule has 1 aromatic heterocycles. The van der Waals surface area contributed by atoms with Crippen molar-refractivity contribution in [3.63, 3.8) is 0 Å². The SMILES string of the molecule is CC(=O)OC(Sc1nc2ccc([N+](=O)[O-])cc2s1)c1ccccc1. The van der Waals surface area contributed by atoms with Crippen molar-refractivity contribution in [2.24, 2.45) is 0 Å². The molecular formula is C16H12N2O4S2. The van der Waals surface area contributed by atoms with E-state index in [2.05, 4.69) is 4.98 Å². The van der Waals surface area contributed by atoms with Crippen LogP contribution in [0, 0.1) is 10.1 Å². The summed E-state index contributed by atoms with van der Waals surface area (Å²) in [5, 5.41) is 10.9. The van der Waals surface area contributed by atoms with Gasteiger partial charge in [0.25, 0.3) is 5.69 Å². The van der Waals surface area contributed by atoms with Crippen LogP contribution in [0.4, 0.5) is 5.69 Å². The molecule has 1 unspecified atom stereocenters. The molecular weight excluding hydrogens is 348 g/mol. The van der Waals surface area contributed by atoms with Crippen molar-refractivity contribution < 1.29 is 14.5 Å². The van der Waals surface area contributed by atoms with Gasteiger partial charge in [-0.05, 0) is 17.8 Å². The lowest BCUT2D eigenvalue weighted by Gasteiger charge is -2.15. The van der Waals surface area contributed by atoms with Crippen LogP contribution in [0.3, 0.4) is 0 Å². The minimum absolute atomic E-state index is 0.0299. The van der Waals surface area contributed by atoms with E-state index in [4.69, 9.17) is 4.74 Å². The minimum atomic E-state index is -0.515. The lowest BCUT2D eigenvalue weighted by atomic mass is 10.2. The molecule has 3 rings (SSSR count). The second-order valence-electron chi connectivity index (χ2n) is 4.86. The number of nitro benzene ring substituents is 1. The summed E-state index contributed by atoms with van der Waals surface area (Å²) in [5.74, 6) is -0.381. The molecule has 0 radical (unpaired) electrons. The molecule has 0 aliphatic carbocycles. The summed E-state index contributed by atoms with van der Waals surface area (Å²) in [6, 6.07) is 13.9. The summed E-state index contributed by atoms with van der Waals surface area (Å²) < 4.78 is 6.79. The van der Waals surface area contributed by atoms with Gasteiger partial charge in [0.05, 0.1) is 15.1 Å². The van der Waals surface area contributed by atoms with Crippen molar-refractivity contribution in [2.75, 3.05) is 0 Å². The molecule has 0 aliphatic heterocycles. The van der Waals surface area contributed by atoms with E-state index in [1.165, 1.54) is 42.2 Å².